The molecule has 0 aliphatic heterocycles. The molecule has 4 N–H and O–H groups in total. The molecule has 0 saturated heterocycles. The van der Waals surface area contributed by atoms with Crippen LogP contribution in [0.5, 0.6) is 11.5 Å². The minimum Gasteiger partial charge on any atom is -0.497 e. The number of fused-ring (bicyclic) bond motifs is 1. The van der Waals surface area contributed by atoms with E-state index in [4.69, 9.17) is 14.6 Å². The van der Waals surface area contributed by atoms with Gasteiger partial charge in [-0.3, -0.25) is 4.79 Å². The van der Waals surface area contributed by atoms with Crippen molar-refractivity contribution in [2.75, 3.05) is 25.6 Å². The Hall–Kier alpha value is -3.95. The van der Waals surface area contributed by atoms with Crippen LogP contribution in [-0.2, 0) is 6.61 Å². The van der Waals surface area contributed by atoms with Gasteiger partial charge in [0.25, 0.3) is 0 Å². The number of H-pyrrole nitrogens is 1. The molecule has 0 aliphatic rings. The van der Waals surface area contributed by atoms with Gasteiger partial charge in [0.05, 0.1) is 20.3 Å². The highest BCUT2D eigenvalue weighted by Crippen LogP contribution is 2.33. The van der Waals surface area contributed by atoms with E-state index in [1.807, 2.05) is 0 Å². The summed E-state index contributed by atoms with van der Waals surface area (Å²) in [4.78, 5) is 16.7. The number of halogens is 2. The second kappa shape index (κ2) is 10.5. The van der Waals surface area contributed by atoms with Gasteiger partial charge in [0, 0.05) is 46.5 Å². The normalized spacial score (nSPS) is 11.9. The number of aromatic nitrogens is 1. The number of ketones is 1. The molecule has 0 aliphatic carbocycles. The molecule has 1 atom stereocenters. The summed E-state index contributed by atoms with van der Waals surface area (Å²) in [5.74, 6) is -0.535. The first kappa shape index (κ1) is 24.2. The van der Waals surface area contributed by atoms with E-state index >= 15 is 0 Å². The first-order chi connectivity index (χ1) is 16.9. The van der Waals surface area contributed by atoms with Crippen molar-refractivity contribution in [3.8, 4) is 11.5 Å². The molecular weight excluding hydrogens is 458 g/mol. The molecule has 9 heteroatoms. The summed E-state index contributed by atoms with van der Waals surface area (Å²) in [5.41, 5.74) is 1.81. The van der Waals surface area contributed by atoms with Gasteiger partial charge in [-0.2, -0.15) is 0 Å². The summed E-state index contributed by atoms with van der Waals surface area (Å²) in [6.45, 7) is -0.605. The van der Waals surface area contributed by atoms with Crippen LogP contribution >= 0.6 is 0 Å². The van der Waals surface area contributed by atoms with E-state index < -0.39 is 24.3 Å². The lowest BCUT2D eigenvalue weighted by molar-refractivity contribution is 0.0970. The summed E-state index contributed by atoms with van der Waals surface area (Å²) < 4.78 is 38.4. The molecule has 0 bridgehead atoms. The number of hydrogen-bond donors (Lipinski definition) is 4. The number of nitrogens with one attached hydrogen (secondary N) is 2. The van der Waals surface area contributed by atoms with E-state index in [-0.39, 0.29) is 24.6 Å². The molecule has 3 aromatic carbocycles. The second-order valence-electron chi connectivity index (χ2n) is 7.80. The van der Waals surface area contributed by atoms with Gasteiger partial charge in [-0.25, -0.2) is 8.78 Å². The summed E-state index contributed by atoms with van der Waals surface area (Å²) >= 11 is 0. The van der Waals surface area contributed by atoms with Crippen LogP contribution < -0.4 is 14.8 Å². The minimum absolute atomic E-state index is 0.0630. The quantitative estimate of drug-likeness (QED) is 0.251. The minimum atomic E-state index is -1.04. The van der Waals surface area contributed by atoms with Crippen LogP contribution in [0.3, 0.4) is 0 Å². The first-order valence-electron chi connectivity index (χ1n) is 10.8. The molecule has 182 valence electrons. The molecule has 0 saturated carbocycles. The van der Waals surface area contributed by atoms with Gasteiger partial charge in [-0.1, -0.05) is 6.07 Å². The number of anilines is 1. The maximum absolute atomic E-state index is 13.9. The number of hydrogen-bond acceptors (Lipinski definition) is 6. The van der Waals surface area contributed by atoms with Crippen LogP contribution in [0.4, 0.5) is 14.5 Å². The molecule has 1 aromatic heterocycles. The number of aliphatic hydroxyl groups excluding tert-OH is 2. The fraction of sp³-hybridized carbons (Fsp3) is 0.192. The number of aromatic amines is 1. The molecule has 0 amide bonds. The van der Waals surface area contributed by atoms with Crippen LogP contribution in [0.25, 0.3) is 10.9 Å². The van der Waals surface area contributed by atoms with Crippen LogP contribution in [0.15, 0.2) is 60.8 Å². The molecule has 1 heterocycles. The largest absolute Gasteiger partial charge is 0.497 e. The third kappa shape index (κ3) is 5.26. The lowest BCUT2D eigenvalue weighted by Crippen LogP contribution is -2.23. The molecule has 4 aromatic rings. The van der Waals surface area contributed by atoms with Gasteiger partial charge < -0.3 is 30.0 Å². The number of rotatable bonds is 10. The van der Waals surface area contributed by atoms with Gasteiger partial charge in [0.15, 0.2) is 5.78 Å². The average molecular weight is 482 g/mol. The lowest BCUT2D eigenvalue weighted by atomic mass is 9.93. The first-order valence-corrected chi connectivity index (χ1v) is 10.8. The Morgan fingerprint density at radius 3 is 2.51 bits per heavy atom. The average Bonchev–Trinajstić information content (AvgIpc) is 3.28. The number of aliphatic hydroxyl groups is 2. The predicted octanol–water partition coefficient (Wildman–Crippen LogP) is 4.35. The molecule has 7 nitrogen and oxygen atoms in total. The SMILES string of the molecule is COc1cc(NC(C(=O)c2c[nH]c3cc(F)ccc23)c2ccc(F)cc2CO)cc(OCCO)c1. The standard InChI is InChI=1S/C26H24F2N2O5/c1-34-19-10-18(11-20(12-19)35-7-6-31)30-25(21-4-2-16(27)8-15(21)14-32)26(33)23-13-29-24-9-17(28)3-5-22(23)24/h2-5,8-13,25,29-32H,6-7,14H2,1H3. The van der Waals surface area contributed by atoms with E-state index in [0.29, 0.717) is 39.2 Å². The van der Waals surface area contributed by atoms with Crippen molar-refractivity contribution in [2.24, 2.45) is 0 Å². The summed E-state index contributed by atoms with van der Waals surface area (Å²) in [7, 11) is 1.48. The zero-order valence-electron chi connectivity index (χ0n) is 18.8. The molecule has 0 radical (unpaired) electrons. The monoisotopic (exact) mass is 482 g/mol. The van der Waals surface area contributed by atoms with Gasteiger partial charge in [-0.05, 0) is 41.5 Å². The molecule has 35 heavy (non-hydrogen) atoms. The Balaban J connectivity index is 1.80. The summed E-state index contributed by atoms with van der Waals surface area (Å²) in [5, 5.41) is 22.6. The zero-order valence-corrected chi connectivity index (χ0v) is 18.8. The molecular formula is C26H24F2N2O5. The Morgan fingerprint density at radius 2 is 1.77 bits per heavy atom. The lowest BCUT2D eigenvalue weighted by Gasteiger charge is -2.22. The van der Waals surface area contributed by atoms with E-state index in [9.17, 15) is 18.7 Å². The van der Waals surface area contributed by atoms with E-state index in [0.717, 1.165) is 0 Å². The third-order valence-electron chi connectivity index (χ3n) is 5.54. The zero-order chi connectivity index (χ0) is 24.9. The highest BCUT2D eigenvalue weighted by atomic mass is 19.1. The maximum atomic E-state index is 13.9. The highest BCUT2D eigenvalue weighted by molar-refractivity contribution is 6.11. The van der Waals surface area contributed by atoms with E-state index in [2.05, 4.69) is 10.3 Å². The fourth-order valence-corrected chi connectivity index (χ4v) is 3.92. The molecule has 0 fully saturated rings. The van der Waals surface area contributed by atoms with Crippen molar-refractivity contribution in [1.29, 1.82) is 0 Å². The summed E-state index contributed by atoms with van der Waals surface area (Å²) in [6.07, 6.45) is 1.49. The second-order valence-corrected chi connectivity index (χ2v) is 7.80. The van der Waals surface area contributed by atoms with Crippen LogP contribution in [-0.4, -0.2) is 41.3 Å². The predicted molar refractivity (Wildman–Crippen MR) is 127 cm³/mol. The van der Waals surface area contributed by atoms with Crippen molar-refractivity contribution in [3.63, 3.8) is 0 Å². The Labute approximate surface area is 199 Å². The highest BCUT2D eigenvalue weighted by Gasteiger charge is 2.27. The van der Waals surface area contributed by atoms with Gasteiger partial charge in [0.1, 0.15) is 35.8 Å². The number of benzene rings is 3. The summed E-state index contributed by atoms with van der Waals surface area (Å²) in [6, 6.07) is 11.7. The van der Waals surface area contributed by atoms with E-state index in [1.165, 1.54) is 49.7 Å². The van der Waals surface area contributed by atoms with Crippen LogP contribution in [0.1, 0.15) is 27.5 Å². The third-order valence-corrected chi connectivity index (χ3v) is 5.54. The number of carbonyl (C=O) groups excluding carboxylic acids is 1. The fourth-order valence-electron chi connectivity index (χ4n) is 3.92. The smallest absolute Gasteiger partial charge is 0.191 e. The molecule has 4 rings (SSSR count). The number of ether oxygens (including phenoxy) is 2. The number of Topliss-reactive ketones (excluding diaryl/α,β-unsaturated/α-hetero) is 1. The molecule has 0 spiro atoms. The number of carbonyl (C=O) groups is 1. The van der Waals surface area contributed by atoms with Crippen LogP contribution in [0.2, 0.25) is 0 Å². The van der Waals surface area contributed by atoms with E-state index in [1.54, 1.807) is 18.2 Å². The van der Waals surface area contributed by atoms with Crippen molar-refractivity contribution in [2.45, 2.75) is 12.6 Å². The van der Waals surface area contributed by atoms with Crippen molar-refractivity contribution < 1.29 is 33.3 Å². The van der Waals surface area contributed by atoms with Gasteiger partial charge in [-0.15, -0.1) is 0 Å². The maximum Gasteiger partial charge on any atom is 0.191 e. The Kier molecular flexibility index (Phi) is 7.28. The van der Waals surface area contributed by atoms with Crippen molar-refractivity contribution in [3.05, 3.63) is 89.1 Å². The topological polar surface area (TPSA) is 104 Å². The number of methoxy groups -OCH3 is 1. The van der Waals surface area contributed by atoms with Gasteiger partial charge in [0.2, 0.25) is 0 Å². The van der Waals surface area contributed by atoms with Gasteiger partial charge >= 0.3 is 0 Å². The van der Waals surface area contributed by atoms with Crippen molar-refractivity contribution in [1.82, 2.24) is 4.98 Å². The Bertz CT molecular complexity index is 1360. The Morgan fingerprint density at radius 1 is 1.03 bits per heavy atom. The van der Waals surface area contributed by atoms with Crippen molar-refractivity contribution >= 4 is 22.4 Å². The molecule has 1 unspecified atom stereocenters. The van der Waals surface area contributed by atoms with Crippen LogP contribution in [0, 0.1) is 11.6 Å².